The molecule has 0 aliphatic heterocycles. The molecule has 3 aromatic rings. The fourth-order valence-corrected chi connectivity index (χ4v) is 2.41. The average molecular weight is 307 g/mol. The van der Waals surface area contributed by atoms with E-state index in [-0.39, 0.29) is 5.69 Å². The number of aromatic nitrogens is 2. The molecule has 0 saturated carbocycles. The van der Waals surface area contributed by atoms with Crippen LogP contribution in [0.15, 0.2) is 54.6 Å². The minimum atomic E-state index is -1.27. The van der Waals surface area contributed by atoms with Crippen LogP contribution in [0.2, 0.25) is 0 Å². The lowest BCUT2D eigenvalue weighted by Gasteiger charge is -2.08. The summed E-state index contributed by atoms with van der Waals surface area (Å²) >= 11 is 0. The van der Waals surface area contributed by atoms with Gasteiger partial charge in [-0.3, -0.25) is 0 Å². The number of hydrogen-bond donors (Lipinski definition) is 0. The van der Waals surface area contributed by atoms with Crippen molar-refractivity contribution in [3.63, 3.8) is 0 Å². The lowest BCUT2D eigenvalue weighted by atomic mass is 10.1. The van der Waals surface area contributed by atoms with Gasteiger partial charge in [0.05, 0.1) is 30.2 Å². The van der Waals surface area contributed by atoms with Gasteiger partial charge in [-0.15, -0.1) is 0 Å². The predicted molar refractivity (Wildman–Crippen MR) is 84.6 cm³/mol. The van der Waals surface area contributed by atoms with Crippen LogP contribution < -0.4 is 9.84 Å². The lowest BCUT2D eigenvalue weighted by molar-refractivity contribution is -0.255. The number of benzene rings is 2. The Bertz CT molecular complexity index is 868. The van der Waals surface area contributed by atoms with Crippen LogP contribution in [0.5, 0.6) is 5.75 Å². The van der Waals surface area contributed by atoms with Gasteiger partial charge in [-0.25, -0.2) is 4.68 Å². The normalized spacial score (nSPS) is 10.5. The number of hydrogen-bond acceptors (Lipinski definition) is 4. The van der Waals surface area contributed by atoms with E-state index < -0.39 is 5.97 Å². The van der Waals surface area contributed by atoms with E-state index in [0.717, 1.165) is 11.1 Å². The highest BCUT2D eigenvalue weighted by atomic mass is 16.5. The molecule has 1 heterocycles. The van der Waals surface area contributed by atoms with E-state index in [1.807, 2.05) is 55.5 Å². The molecule has 3 rings (SSSR count). The van der Waals surface area contributed by atoms with Crippen molar-refractivity contribution in [2.24, 2.45) is 0 Å². The number of carbonyl (C=O) groups is 1. The quantitative estimate of drug-likeness (QED) is 0.741. The molecular formula is C18H15N2O3-. The average Bonchev–Trinajstić information content (AvgIpc) is 3.00. The van der Waals surface area contributed by atoms with E-state index in [1.165, 1.54) is 10.7 Å². The van der Waals surface area contributed by atoms with Crippen molar-refractivity contribution in [2.45, 2.75) is 6.92 Å². The number of nitrogens with zero attached hydrogens (tertiary/aromatic N) is 2. The molecule has 116 valence electrons. The molecule has 5 heteroatoms. The number of rotatable bonds is 4. The van der Waals surface area contributed by atoms with Gasteiger partial charge in [-0.1, -0.05) is 24.3 Å². The highest BCUT2D eigenvalue weighted by Crippen LogP contribution is 2.25. The maximum absolute atomic E-state index is 11.5. The number of ether oxygens (including phenoxy) is 1. The van der Waals surface area contributed by atoms with Crippen LogP contribution in [-0.2, 0) is 0 Å². The summed E-state index contributed by atoms with van der Waals surface area (Å²) in [5.41, 5.74) is 3.03. The van der Waals surface area contributed by atoms with Crippen LogP contribution in [0, 0.1) is 6.92 Å². The minimum Gasteiger partial charge on any atom is -0.543 e. The topological polar surface area (TPSA) is 67.2 Å². The second-order valence-corrected chi connectivity index (χ2v) is 5.19. The Kier molecular flexibility index (Phi) is 3.85. The van der Waals surface area contributed by atoms with Crippen molar-refractivity contribution in [3.05, 3.63) is 65.9 Å². The van der Waals surface area contributed by atoms with Crippen LogP contribution in [0.1, 0.15) is 16.1 Å². The summed E-state index contributed by atoms with van der Waals surface area (Å²) in [6, 6.07) is 16.3. The largest absolute Gasteiger partial charge is 0.543 e. The van der Waals surface area contributed by atoms with Gasteiger partial charge in [0.15, 0.2) is 0 Å². The molecule has 0 fully saturated rings. The molecule has 0 aliphatic carbocycles. The number of methoxy groups -OCH3 is 1. The third-order valence-corrected chi connectivity index (χ3v) is 3.53. The second-order valence-electron chi connectivity index (χ2n) is 5.19. The van der Waals surface area contributed by atoms with Crippen LogP contribution in [0.4, 0.5) is 0 Å². The van der Waals surface area contributed by atoms with Crippen molar-refractivity contribution in [3.8, 4) is 22.7 Å². The van der Waals surface area contributed by atoms with Gasteiger partial charge >= 0.3 is 0 Å². The Morgan fingerprint density at radius 1 is 1.13 bits per heavy atom. The molecule has 2 aromatic carbocycles. The molecule has 5 nitrogen and oxygen atoms in total. The van der Waals surface area contributed by atoms with E-state index in [4.69, 9.17) is 4.74 Å². The van der Waals surface area contributed by atoms with Gasteiger partial charge in [-0.05, 0) is 42.8 Å². The summed E-state index contributed by atoms with van der Waals surface area (Å²) in [6.07, 6.45) is 0. The van der Waals surface area contributed by atoms with Gasteiger partial charge < -0.3 is 14.6 Å². The van der Waals surface area contributed by atoms with Crippen molar-refractivity contribution >= 4 is 5.97 Å². The molecule has 0 spiro atoms. The van der Waals surface area contributed by atoms with Crippen molar-refractivity contribution in [2.75, 3.05) is 7.11 Å². The zero-order chi connectivity index (χ0) is 16.4. The van der Waals surface area contributed by atoms with E-state index in [1.54, 1.807) is 7.11 Å². The summed E-state index contributed by atoms with van der Waals surface area (Å²) in [5.74, 6) is -0.587. The number of aryl methyl sites for hydroxylation is 1. The van der Waals surface area contributed by atoms with Crippen molar-refractivity contribution in [1.29, 1.82) is 0 Å². The fourth-order valence-electron chi connectivity index (χ4n) is 2.41. The maximum Gasteiger partial charge on any atom is 0.119 e. The summed E-state index contributed by atoms with van der Waals surface area (Å²) < 4.78 is 6.58. The standard InChI is InChI=1S/C18H16N2O3/c1-12-5-3-7-14(9-12)20-17(18(21)22)11-16(19-20)13-6-4-8-15(10-13)23-2/h3-11H,1-2H3,(H,21,22)/p-1. The number of carboxylic acid groups (broad SMARTS) is 1. The molecule has 0 atom stereocenters. The van der Waals surface area contributed by atoms with Crippen LogP contribution in [0.25, 0.3) is 16.9 Å². The molecule has 23 heavy (non-hydrogen) atoms. The lowest BCUT2D eigenvalue weighted by Crippen LogP contribution is -2.25. The summed E-state index contributed by atoms with van der Waals surface area (Å²) in [7, 11) is 1.58. The smallest absolute Gasteiger partial charge is 0.119 e. The van der Waals surface area contributed by atoms with E-state index in [0.29, 0.717) is 17.1 Å². The monoisotopic (exact) mass is 307 g/mol. The number of carbonyl (C=O) groups excluding carboxylic acids is 1. The molecule has 1 aromatic heterocycles. The van der Waals surface area contributed by atoms with E-state index in [9.17, 15) is 9.90 Å². The SMILES string of the molecule is COc1cccc(-c2cc(C(=O)[O-])n(-c3cccc(C)c3)n2)c1. The molecule has 0 radical (unpaired) electrons. The Labute approximate surface area is 133 Å². The van der Waals surface area contributed by atoms with E-state index in [2.05, 4.69) is 5.10 Å². The summed E-state index contributed by atoms with van der Waals surface area (Å²) in [6.45, 7) is 1.94. The van der Waals surface area contributed by atoms with Gasteiger partial charge in [-0.2, -0.15) is 5.10 Å². The molecule has 0 bridgehead atoms. The predicted octanol–water partition coefficient (Wildman–Crippen LogP) is 2.22. The molecular weight excluding hydrogens is 292 g/mol. The first kappa shape index (κ1) is 14.8. The van der Waals surface area contributed by atoms with Gasteiger partial charge in [0, 0.05) is 5.56 Å². The van der Waals surface area contributed by atoms with Crippen molar-refractivity contribution in [1.82, 2.24) is 9.78 Å². The molecule has 0 amide bonds. The minimum absolute atomic E-state index is 0.00780. The zero-order valence-electron chi connectivity index (χ0n) is 12.8. The molecule has 0 saturated heterocycles. The first-order chi connectivity index (χ1) is 11.1. The number of carboxylic acids is 1. The third-order valence-electron chi connectivity index (χ3n) is 3.53. The van der Waals surface area contributed by atoms with Crippen LogP contribution in [-0.4, -0.2) is 22.9 Å². The Balaban J connectivity index is 2.14. The maximum atomic E-state index is 11.5. The highest BCUT2D eigenvalue weighted by molar-refractivity contribution is 5.86. The molecule has 0 unspecified atom stereocenters. The Hall–Kier alpha value is -3.08. The van der Waals surface area contributed by atoms with Gasteiger partial charge in [0.2, 0.25) is 0 Å². The highest BCUT2D eigenvalue weighted by Gasteiger charge is 2.12. The number of aromatic carboxylic acids is 1. The Morgan fingerprint density at radius 2 is 1.91 bits per heavy atom. The fraction of sp³-hybridized carbons (Fsp3) is 0.111. The van der Waals surface area contributed by atoms with Gasteiger partial charge in [0.1, 0.15) is 5.75 Å². The summed E-state index contributed by atoms with van der Waals surface area (Å²) in [4.78, 5) is 11.5. The van der Waals surface area contributed by atoms with E-state index >= 15 is 0 Å². The zero-order valence-corrected chi connectivity index (χ0v) is 12.8. The van der Waals surface area contributed by atoms with Crippen molar-refractivity contribution < 1.29 is 14.6 Å². The Morgan fingerprint density at radius 3 is 2.61 bits per heavy atom. The second kappa shape index (κ2) is 5.96. The van der Waals surface area contributed by atoms with Crippen LogP contribution >= 0.6 is 0 Å². The molecule has 0 aliphatic rings. The first-order valence-corrected chi connectivity index (χ1v) is 7.11. The van der Waals surface area contributed by atoms with Crippen LogP contribution in [0.3, 0.4) is 0 Å². The molecule has 0 N–H and O–H groups in total. The first-order valence-electron chi connectivity index (χ1n) is 7.11. The summed E-state index contributed by atoms with van der Waals surface area (Å²) in [5, 5.41) is 15.9. The van der Waals surface area contributed by atoms with Gasteiger partial charge in [0.25, 0.3) is 0 Å². The third kappa shape index (κ3) is 2.94.